The first kappa shape index (κ1) is 18.2. The Bertz CT molecular complexity index is 940. The molecule has 0 radical (unpaired) electrons. The fourth-order valence-electron chi connectivity index (χ4n) is 2.37. The number of carbonyl (C=O) groups excluding carboxylic acids is 1. The van der Waals surface area contributed by atoms with Crippen molar-refractivity contribution in [3.63, 3.8) is 0 Å². The maximum absolute atomic E-state index is 12.5. The van der Waals surface area contributed by atoms with Crippen molar-refractivity contribution >= 4 is 40.4 Å². The molecule has 0 saturated heterocycles. The molecule has 0 aliphatic heterocycles. The molecule has 3 aromatic rings. The highest BCUT2D eigenvalue weighted by atomic mass is 32.2. The monoisotopic (exact) mass is 384 g/mol. The molecule has 132 valence electrons. The van der Waals surface area contributed by atoms with Gasteiger partial charge in [0.1, 0.15) is 0 Å². The quantitative estimate of drug-likeness (QED) is 0.345. The fraction of sp³-hybridized carbons (Fsp3) is 0.105. The van der Waals surface area contributed by atoms with Gasteiger partial charge in [-0.3, -0.25) is 14.9 Å². The number of nitro groups is 1. The number of hydrogen-bond donors (Lipinski definition) is 1. The maximum atomic E-state index is 12.5. The second-order valence-electron chi connectivity index (χ2n) is 5.63. The molecule has 7 heteroatoms. The van der Waals surface area contributed by atoms with Gasteiger partial charge in [-0.05, 0) is 47.5 Å². The Morgan fingerprint density at radius 2 is 2.04 bits per heavy atom. The van der Waals surface area contributed by atoms with Crippen molar-refractivity contribution in [1.82, 2.24) is 0 Å². The third-order valence-electron chi connectivity index (χ3n) is 3.78. The number of aryl methyl sites for hydroxylation is 1. The van der Waals surface area contributed by atoms with Gasteiger partial charge in [0.05, 0.1) is 10.6 Å². The lowest BCUT2D eigenvalue weighted by Gasteiger charge is -2.11. The number of amides is 1. The number of nitro benzene ring substituents is 1. The van der Waals surface area contributed by atoms with Crippen LogP contribution in [0.15, 0.2) is 64.2 Å². The van der Waals surface area contributed by atoms with Crippen LogP contribution in [0.4, 0.5) is 11.4 Å². The van der Waals surface area contributed by atoms with Crippen molar-refractivity contribution in [2.75, 3.05) is 5.32 Å². The summed E-state index contributed by atoms with van der Waals surface area (Å²) in [4.78, 5) is 24.1. The van der Waals surface area contributed by atoms with Crippen molar-refractivity contribution in [2.24, 2.45) is 0 Å². The number of thiophene rings is 1. The van der Waals surface area contributed by atoms with E-state index in [2.05, 4.69) is 16.8 Å². The number of anilines is 1. The topological polar surface area (TPSA) is 72.2 Å². The van der Waals surface area contributed by atoms with Gasteiger partial charge in [-0.25, -0.2) is 0 Å². The number of nitrogens with zero attached hydrogens (tertiary/aromatic N) is 1. The van der Waals surface area contributed by atoms with Crippen LogP contribution in [0.5, 0.6) is 0 Å². The summed E-state index contributed by atoms with van der Waals surface area (Å²) in [5.74, 6) is 0.448. The predicted molar refractivity (Wildman–Crippen MR) is 106 cm³/mol. The van der Waals surface area contributed by atoms with Crippen LogP contribution in [-0.4, -0.2) is 10.8 Å². The number of thioether (sulfide) groups is 1. The Balaban J connectivity index is 1.77. The van der Waals surface area contributed by atoms with Crippen molar-refractivity contribution in [2.45, 2.75) is 17.6 Å². The molecule has 1 heterocycles. The van der Waals surface area contributed by atoms with Gasteiger partial charge in [0, 0.05) is 27.8 Å². The molecule has 5 nitrogen and oxygen atoms in total. The molecular weight excluding hydrogens is 368 g/mol. The molecule has 1 amide bonds. The van der Waals surface area contributed by atoms with E-state index in [1.54, 1.807) is 42.2 Å². The molecule has 0 spiro atoms. The largest absolute Gasteiger partial charge is 0.321 e. The number of carbonyl (C=O) groups is 1. The third kappa shape index (κ3) is 4.30. The lowest BCUT2D eigenvalue weighted by Crippen LogP contribution is -2.13. The van der Waals surface area contributed by atoms with Crippen LogP contribution in [0.3, 0.4) is 0 Å². The zero-order valence-electron chi connectivity index (χ0n) is 14.0. The lowest BCUT2D eigenvalue weighted by atomic mass is 10.1. The molecule has 0 saturated carbocycles. The first-order chi connectivity index (χ1) is 12.5. The second kappa shape index (κ2) is 8.16. The minimum absolute atomic E-state index is 0.0576. The molecule has 0 aliphatic rings. The summed E-state index contributed by atoms with van der Waals surface area (Å²) < 4.78 is 0. The number of para-hydroxylation sites is 1. The maximum Gasteiger partial charge on any atom is 0.273 e. The van der Waals surface area contributed by atoms with Gasteiger partial charge in [-0.1, -0.05) is 18.2 Å². The van der Waals surface area contributed by atoms with E-state index < -0.39 is 4.92 Å². The van der Waals surface area contributed by atoms with Crippen molar-refractivity contribution < 1.29 is 9.72 Å². The van der Waals surface area contributed by atoms with Crippen LogP contribution in [-0.2, 0) is 5.75 Å². The smallest absolute Gasteiger partial charge is 0.273 e. The van der Waals surface area contributed by atoms with Gasteiger partial charge >= 0.3 is 0 Å². The Kier molecular flexibility index (Phi) is 5.70. The van der Waals surface area contributed by atoms with Crippen LogP contribution < -0.4 is 5.32 Å². The molecule has 0 aliphatic carbocycles. The van der Waals surface area contributed by atoms with E-state index in [1.807, 2.05) is 29.6 Å². The minimum Gasteiger partial charge on any atom is -0.321 e. The van der Waals surface area contributed by atoms with Crippen LogP contribution in [0.25, 0.3) is 0 Å². The predicted octanol–water partition coefficient (Wildman–Crippen LogP) is 5.51. The molecule has 0 fully saturated rings. The van der Waals surface area contributed by atoms with Gasteiger partial charge in [0.15, 0.2) is 0 Å². The zero-order valence-corrected chi connectivity index (χ0v) is 15.6. The van der Waals surface area contributed by atoms with Crippen LogP contribution >= 0.6 is 23.1 Å². The number of nitrogens with one attached hydrogen (secondary N) is 1. The zero-order chi connectivity index (χ0) is 18.5. The van der Waals surface area contributed by atoms with Crippen LogP contribution in [0.1, 0.15) is 21.5 Å². The number of hydrogen-bond acceptors (Lipinski definition) is 5. The Morgan fingerprint density at radius 3 is 2.77 bits per heavy atom. The Hall–Kier alpha value is -2.64. The highest BCUT2D eigenvalue weighted by Gasteiger charge is 2.16. The fourth-order valence-corrected chi connectivity index (χ4v) is 4.10. The standard InChI is InChI=1S/C19H16N2O3S2/c1-13-6-7-15(10-17(13)21(23)24)19(22)20-16-4-2-3-5-18(16)26-12-14-8-9-25-11-14/h2-11H,12H2,1H3,(H,20,22). The second-order valence-corrected chi connectivity index (χ2v) is 7.43. The highest BCUT2D eigenvalue weighted by Crippen LogP contribution is 2.31. The molecule has 1 N–H and O–H groups in total. The van der Waals surface area contributed by atoms with E-state index in [1.165, 1.54) is 11.6 Å². The van der Waals surface area contributed by atoms with Crippen LogP contribution in [0.2, 0.25) is 0 Å². The van der Waals surface area contributed by atoms with Gasteiger partial charge in [0.25, 0.3) is 11.6 Å². The van der Waals surface area contributed by atoms with Crippen molar-refractivity contribution in [1.29, 1.82) is 0 Å². The average molecular weight is 384 g/mol. The average Bonchev–Trinajstić information content (AvgIpc) is 3.14. The molecule has 0 atom stereocenters. The molecule has 0 unspecified atom stereocenters. The minimum atomic E-state index is -0.475. The molecule has 0 bridgehead atoms. The summed E-state index contributed by atoms with van der Waals surface area (Å²) in [5.41, 5.74) is 2.66. The molecule has 2 aromatic carbocycles. The summed E-state index contributed by atoms with van der Waals surface area (Å²) in [6.45, 7) is 1.65. The molecule has 1 aromatic heterocycles. The molecule has 26 heavy (non-hydrogen) atoms. The van der Waals surface area contributed by atoms with Gasteiger partial charge < -0.3 is 5.32 Å². The summed E-state index contributed by atoms with van der Waals surface area (Å²) >= 11 is 3.29. The third-order valence-corrected chi connectivity index (χ3v) is 5.65. The number of rotatable bonds is 6. The van der Waals surface area contributed by atoms with Crippen molar-refractivity contribution in [3.05, 3.63) is 86.1 Å². The molecular formula is C19H16N2O3S2. The van der Waals surface area contributed by atoms with E-state index in [-0.39, 0.29) is 17.2 Å². The van der Waals surface area contributed by atoms with E-state index in [0.29, 0.717) is 11.3 Å². The van der Waals surface area contributed by atoms with E-state index in [4.69, 9.17) is 0 Å². The summed E-state index contributed by atoms with van der Waals surface area (Å²) in [7, 11) is 0. The number of benzene rings is 2. The van der Waals surface area contributed by atoms with Gasteiger partial charge in [-0.2, -0.15) is 11.3 Å². The van der Waals surface area contributed by atoms with Gasteiger partial charge in [0.2, 0.25) is 0 Å². The highest BCUT2D eigenvalue weighted by molar-refractivity contribution is 7.98. The Labute approximate surface area is 159 Å². The normalized spacial score (nSPS) is 10.5. The lowest BCUT2D eigenvalue weighted by molar-refractivity contribution is -0.385. The van der Waals surface area contributed by atoms with Crippen LogP contribution in [0, 0.1) is 17.0 Å². The van der Waals surface area contributed by atoms with Crippen molar-refractivity contribution in [3.8, 4) is 0 Å². The van der Waals surface area contributed by atoms with E-state index >= 15 is 0 Å². The van der Waals surface area contributed by atoms with Gasteiger partial charge in [-0.15, -0.1) is 11.8 Å². The summed E-state index contributed by atoms with van der Waals surface area (Å²) in [5, 5.41) is 18.1. The Morgan fingerprint density at radius 1 is 1.23 bits per heavy atom. The van der Waals surface area contributed by atoms with E-state index in [0.717, 1.165) is 10.6 Å². The summed E-state index contributed by atoms with van der Waals surface area (Å²) in [6.07, 6.45) is 0. The first-order valence-electron chi connectivity index (χ1n) is 7.84. The molecule has 3 rings (SSSR count). The van der Waals surface area contributed by atoms with E-state index in [9.17, 15) is 14.9 Å². The summed E-state index contributed by atoms with van der Waals surface area (Å²) in [6, 6.07) is 14.1. The first-order valence-corrected chi connectivity index (χ1v) is 9.77. The SMILES string of the molecule is Cc1ccc(C(=O)Nc2ccccc2SCc2ccsc2)cc1[N+](=O)[O-].